The highest BCUT2D eigenvalue weighted by Gasteiger charge is 2.10. The fraction of sp³-hybridized carbons (Fsp3) is 0.0833. The van der Waals surface area contributed by atoms with Crippen molar-refractivity contribution in [3.8, 4) is 11.5 Å². The smallest absolute Gasteiger partial charge is 0.182 e. The van der Waals surface area contributed by atoms with Gasteiger partial charge in [-0.25, -0.2) is 9.97 Å². The van der Waals surface area contributed by atoms with E-state index < -0.39 is 0 Å². The Hall–Kier alpha value is -2.43. The Bertz CT molecular complexity index is 686. The van der Waals surface area contributed by atoms with Crippen molar-refractivity contribution in [3.05, 3.63) is 36.0 Å². The summed E-state index contributed by atoms with van der Waals surface area (Å²) in [6.45, 7) is 1.88. The number of benzene rings is 1. The molecule has 0 aliphatic rings. The topological polar surface area (TPSA) is 80.5 Å². The van der Waals surface area contributed by atoms with Crippen molar-refractivity contribution in [1.82, 2.24) is 20.2 Å². The third-order valence-corrected chi connectivity index (χ3v) is 2.69. The van der Waals surface area contributed by atoms with Crippen LogP contribution in [0.4, 0.5) is 5.82 Å². The standard InChI is InChI=1S/C12H11N5/c1-7-6-14-12(15-11(7)13)10-8-4-2-3-5-9(8)16-17-10/h2-6H,1H3,(H,16,17)(H2,13,14,15). The fourth-order valence-corrected chi connectivity index (χ4v) is 1.70. The molecule has 0 saturated heterocycles. The van der Waals surface area contributed by atoms with Crippen molar-refractivity contribution in [1.29, 1.82) is 0 Å². The Kier molecular flexibility index (Phi) is 2.04. The molecular weight excluding hydrogens is 214 g/mol. The van der Waals surface area contributed by atoms with Crippen LogP contribution in [-0.2, 0) is 0 Å². The molecule has 0 spiro atoms. The molecule has 0 amide bonds. The van der Waals surface area contributed by atoms with Gasteiger partial charge in [-0.1, -0.05) is 18.2 Å². The van der Waals surface area contributed by atoms with Crippen LogP contribution >= 0.6 is 0 Å². The van der Waals surface area contributed by atoms with E-state index in [-0.39, 0.29) is 0 Å². The Labute approximate surface area is 97.7 Å². The maximum absolute atomic E-state index is 5.78. The molecule has 3 N–H and O–H groups in total. The van der Waals surface area contributed by atoms with Gasteiger partial charge in [-0.05, 0) is 13.0 Å². The second kappa shape index (κ2) is 3.55. The van der Waals surface area contributed by atoms with E-state index in [1.165, 1.54) is 0 Å². The van der Waals surface area contributed by atoms with Crippen LogP contribution in [-0.4, -0.2) is 20.2 Å². The number of aromatic nitrogens is 4. The van der Waals surface area contributed by atoms with Gasteiger partial charge >= 0.3 is 0 Å². The van der Waals surface area contributed by atoms with Crippen LogP contribution in [0.15, 0.2) is 30.5 Å². The van der Waals surface area contributed by atoms with Crippen molar-refractivity contribution in [2.45, 2.75) is 6.92 Å². The van der Waals surface area contributed by atoms with Gasteiger partial charge in [0.2, 0.25) is 0 Å². The van der Waals surface area contributed by atoms with Gasteiger partial charge in [0.25, 0.3) is 0 Å². The molecule has 0 unspecified atom stereocenters. The van der Waals surface area contributed by atoms with Crippen LogP contribution < -0.4 is 5.73 Å². The predicted octanol–water partition coefficient (Wildman–Crippen LogP) is 1.91. The number of nitrogens with one attached hydrogen (secondary N) is 1. The summed E-state index contributed by atoms with van der Waals surface area (Å²) < 4.78 is 0. The quantitative estimate of drug-likeness (QED) is 0.663. The monoisotopic (exact) mass is 225 g/mol. The van der Waals surface area contributed by atoms with Crippen LogP contribution in [0, 0.1) is 6.92 Å². The summed E-state index contributed by atoms with van der Waals surface area (Å²) >= 11 is 0. The summed E-state index contributed by atoms with van der Waals surface area (Å²) in [7, 11) is 0. The SMILES string of the molecule is Cc1cnc(-c2n[nH]c3ccccc23)nc1N. The van der Waals surface area contributed by atoms with E-state index in [2.05, 4.69) is 20.2 Å². The highest BCUT2D eigenvalue weighted by Crippen LogP contribution is 2.23. The van der Waals surface area contributed by atoms with E-state index in [4.69, 9.17) is 5.73 Å². The maximum atomic E-state index is 5.78. The minimum atomic E-state index is 0.488. The molecule has 0 radical (unpaired) electrons. The van der Waals surface area contributed by atoms with E-state index in [0.717, 1.165) is 22.2 Å². The molecule has 0 aliphatic heterocycles. The molecule has 2 aromatic heterocycles. The molecule has 2 heterocycles. The molecular formula is C12H11N5. The zero-order valence-electron chi connectivity index (χ0n) is 9.31. The fourth-order valence-electron chi connectivity index (χ4n) is 1.70. The van der Waals surface area contributed by atoms with E-state index in [9.17, 15) is 0 Å². The normalized spacial score (nSPS) is 10.9. The lowest BCUT2D eigenvalue weighted by molar-refractivity contribution is 1.07. The average Bonchev–Trinajstić information content (AvgIpc) is 2.76. The number of nitrogens with two attached hydrogens (primary N) is 1. The highest BCUT2D eigenvalue weighted by atomic mass is 15.1. The zero-order chi connectivity index (χ0) is 11.8. The number of aryl methyl sites for hydroxylation is 1. The van der Waals surface area contributed by atoms with Gasteiger partial charge in [0.05, 0.1) is 5.52 Å². The Balaban J connectivity index is 2.24. The minimum absolute atomic E-state index is 0.488. The predicted molar refractivity (Wildman–Crippen MR) is 66.3 cm³/mol. The summed E-state index contributed by atoms with van der Waals surface area (Å²) in [5, 5.41) is 8.18. The summed E-state index contributed by atoms with van der Waals surface area (Å²) in [5.74, 6) is 1.03. The third kappa shape index (κ3) is 1.52. The van der Waals surface area contributed by atoms with E-state index in [0.29, 0.717) is 11.6 Å². The van der Waals surface area contributed by atoms with E-state index >= 15 is 0 Å². The minimum Gasteiger partial charge on any atom is -0.383 e. The molecule has 0 saturated carbocycles. The number of para-hydroxylation sites is 1. The molecule has 3 rings (SSSR count). The van der Waals surface area contributed by atoms with Crippen molar-refractivity contribution < 1.29 is 0 Å². The van der Waals surface area contributed by atoms with Crippen molar-refractivity contribution in [2.75, 3.05) is 5.73 Å². The largest absolute Gasteiger partial charge is 0.383 e. The molecule has 84 valence electrons. The van der Waals surface area contributed by atoms with Gasteiger partial charge < -0.3 is 5.73 Å². The molecule has 0 fully saturated rings. The molecule has 0 atom stereocenters. The third-order valence-electron chi connectivity index (χ3n) is 2.69. The molecule has 5 nitrogen and oxygen atoms in total. The van der Waals surface area contributed by atoms with E-state index in [1.807, 2.05) is 31.2 Å². The first-order chi connectivity index (χ1) is 8.25. The summed E-state index contributed by atoms with van der Waals surface area (Å²) in [6, 6.07) is 7.85. The first-order valence-corrected chi connectivity index (χ1v) is 5.28. The van der Waals surface area contributed by atoms with Crippen LogP contribution in [0.1, 0.15) is 5.56 Å². The van der Waals surface area contributed by atoms with Gasteiger partial charge in [-0.15, -0.1) is 0 Å². The lowest BCUT2D eigenvalue weighted by Crippen LogP contribution is -1.98. The lowest BCUT2D eigenvalue weighted by Gasteiger charge is -2.00. The van der Waals surface area contributed by atoms with Crippen LogP contribution in [0.25, 0.3) is 22.4 Å². The van der Waals surface area contributed by atoms with E-state index in [1.54, 1.807) is 6.20 Å². The molecule has 3 aromatic rings. The van der Waals surface area contributed by atoms with Gasteiger partial charge in [0.1, 0.15) is 11.5 Å². The average molecular weight is 225 g/mol. The number of fused-ring (bicyclic) bond motifs is 1. The molecule has 0 bridgehead atoms. The number of anilines is 1. The van der Waals surface area contributed by atoms with Crippen LogP contribution in [0.2, 0.25) is 0 Å². The number of hydrogen-bond donors (Lipinski definition) is 2. The number of aromatic amines is 1. The highest BCUT2D eigenvalue weighted by molar-refractivity contribution is 5.91. The first-order valence-electron chi connectivity index (χ1n) is 5.28. The van der Waals surface area contributed by atoms with Crippen LogP contribution in [0.3, 0.4) is 0 Å². The second-order valence-corrected chi connectivity index (χ2v) is 3.88. The van der Waals surface area contributed by atoms with Gasteiger partial charge in [-0.2, -0.15) is 5.10 Å². The Morgan fingerprint density at radius 3 is 2.88 bits per heavy atom. The maximum Gasteiger partial charge on any atom is 0.182 e. The molecule has 0 aliphatic carbocycles. The summed E-state index contributed by atoms with van der Waals surface area (Å²) in [4.78, 5) is 8.51. The Morgan fingerprint density at radius 2 is 2.06 bits per heavy atom. The van der Waals surface area contributed by atoms with Gasteiger partial charge in [0, 0.05) is 17.1 Å². The first kappa shape index (κ1) is 9.77. The second-order valence-electron chi connectivity index (χ2n) is 3.88. The number of rotatable bonds is 1. The van der Waals surface area contributed by atoms with Crippen molar-refractivity contribution in [2.24, 2.45) is 0 Å². The number of H-pyrrole nitrogens is 1. The number of nitrogen functional groups attached to an aromatic ring is 1. The molecule has 5 heteroatoms. The van der Waals surface area contributed by atoms with Crippen molar-refractivity contribution in [3.63, 3.8) is 0 Å². The number of nitrogens with zero attached hydrogens (tertiary/aromatic N) is 3. The number of hydrogen-bond acceptors (Lipinski definition) is 4. The molecule has 1 aromatic carbocycles. The van der Waals surface area contributed by atoms with Crippen molar-refractivity contribution >= 4 is 16.7 Å². The lowest BCUT2D eigenvalue weighted by atomic mass is 10.2. The van der Waals surface area contributed by atoms with Gasteiger partial charge in [-0.3, -0.25) is 5.10 Å². The summed E-state index contributed by atoms with van der Waals surface area (Å²) in [6.07, 6.45) is 1.71. The zero-order valence-corrected chi connectivity index (χ0v) is 9.31. The Morgan fingerprint density at radius 1 is 1.24 bits per heavy atom. The summed E-state index contributed by atoms with van der Waals surface area (Å²) in [5.41, 5.74) is 8.34. The molecule has 17 heavy (non-hydrogen) atoms. The van der Waals surface area contributed by atoms with Crippen LogP contribution in [0.5, 0.6) is 0 Å². The van der Waals surface area contributed by atoms with Gasteiger partial charge in [0.15, 0.2) is 5.82 Å².